The van der Waals surface area contributed by atoms with Crippen molar-refractivity contribution in [2.24, 2.45) is 0 Å². The average Bonchev–Trinajstić information content (AvgIpc) is 2.76. The highest BCUT2D eigenvalue weighted by atomic mass is 16.6. The van der Waals surface area contributed by atoms with E-state index in [0.29, 0.717) is 26.4 Å². The summed E-state index contributed by atoms with van der Waals surface area (Å²) in [5.41, 5.74) is 1.35. The zero-order valence-corrected chi connectivity index (χ0v) is 16.8. The van der Waals surface area contributed by atoms with Crippen LogP contribution in [0.2, 0.25) is 0 Å². The van der Waals surface area contributed by atoms with Gasteiger partial charge in [-0.1, -0.05) is 42.5 Å². The number of aliphatic hydroxyl groups is 1. The van der Waals surface area contributed by atoms with Crippen LogP contribution in [0.5, 0.6) is 11.5 Å². The van der Waals surface area contributed by atoms with Crippen molar-refractivity contribution in [1.29, 1.82) is 0 Å². The summed E-state index contributed by atoms with van der Waals surface area (Å²) in [7, 11) is 0. The lowest BCUT2D eigenvalue weighted by Gasteiger charge is -2.35. The minimum atomic E-state index is -0.493. The van der Waals surface area contributed by atoms with Gasteiger partial charge in [-0.3, -0.25) is 9.80 Å². The van der Waals surface area contributed by atoms with Gasteiger partial charge in [-0.2, -0.15) is 0 Å². The third kappa shape index (κ3) is 5.93. The van der Waals surface area contributed by atoms with Crippen molar-refractivity contribution in [3.8, 4) is 11.5 Å². The maximum Gasteiger partial charge on any atom is 0.161 e. The second-order valence-electron chi connectivity index (χ2n) is 7.75. The smallest absolute Gasteiger partial charge is 0.161 e. The maximum absolute atomic E-state index is 10.3. The number of aliphatic hydroxyl groups excluding tert-OH is 1. The fourth-order valence-corrected chi connectivity index (χ4v) is 3.80. The minimum absolute atomic E-state index is 0.140. The largest absolute Gasteiger partial charge is 0.486 e. The number of para-hydroxylation sites is 2. The lowest BCUT2D eigenvalue weighted by atomic mass is 10.2. The molecule has 2 aromatic carbocycles. The molecule has 2 atom stereocenters. The van der Waals surface area contributed by atoms with Crippen LogP contribution in [0.4, 0.5) is 0 Å². The number of hydrogen-bond acceptors (Lipinski definition) is 6. The second-order valence-corrected chi connectivity index (χ2v) is 7.75. The van der Waals surface area contributed by atoms with Crippen LogP contribution in [0.3, 0.4) is 0 Å². The van der Waals surface area contributed by atoms with Gasteiger partial charge < -0.3 is 19.3 Å². The normalized spacial score (nSPS) is 21.1. The third-order valence-corrected chi connectivity index (χ3v) is 5.36. The van der Waals surface area contributed by atoms with E-state index in [-0.39, 0.29) is 6.10 Å². The molecule has 4 rings (SSSR count). The standard InChI is InChI=1S/C23H30N2O4/c26-20(16-27-17-21-18-28-22-8-4-5-9-23(22)29-21)15-25-12-10-24(11-13-25)14-19-6-2-1-3-7-19/h1-9,20-21,26H,10-18H2/t20-,21-/m1/s1. The monoisotopic (exact) mass is 398 g/mol. The van der Waals surface area contributed by atoms with Gasteiger partial charge in [0.2, 0.25) is 0 Å². The Hall–Kier alpha value is -2.12. The number of β-amino-alcohol motifs (C(OH)–C–C–N with tert-alkyl or cyclic N) is 1. The van der Waals surface area contributed by atoms with E-state index < -0.39 is 6.10 Å². The highest BCUT2D eigenvalue weighted by Crippen LogP contribution is 2.30. The zero-order valence-electron chi connectivity index (χ0n) is 16.8. The van der Waals surface area contributed by atoms with E-state index in [1.54, 1.807) is 0 Å². The first kappa shape index (κ1) is 20.2. The van der Waals surface area contributed by atoms with E-state index in [1.165, 1.54) is 5.56 Å². The molecule has 0 aromatic heterocycles. The molecule has 0 bridgehead atoms. The summed E-state index contributed by atoms with van der Waals surface area (Å²) >= 11 is 0. The molecule has 0 aliphatic carbocycles. The van der Waals surface area contributed by atoms with Crippen LogP contribution in [-0.2, 0) is 11.3 Å². The molecule has 2 aliphatic rings. The minimum Gasteiger partial charge on any atom is -0.486 e. The van der Waals surface area contributed by atoms with Crippen LogP contribution in [0.25, 0.3) is 0 Å². The SMILES string of the molecule is O[C@@H](COC[C@@H]1COc2ccccc2O1)CN1CCN(Cc2ccccc2)CC1. The lowest BCUT2D eigenvalue weighted by molar-refractivity contribution is -0.0322. The molecule has 2 aromatic rings. The molecule has 156 valence electrons. The number of fused-ring (bicyclic) bond motifs is 1. The highest BCUT2D eigenvalue weighted by Gasteiger charge is 2.22. The number of ether oxygens (including phenoxy) is 3. The van der Waals surface area contributed by atoms with Gasteiger partial charge in [-0.15, -0.1) is 0 Å². The molecule has 2 heterocycles. The molecule has 0 saturated carbocycles. The molecule has 6 heteroatoms. The van der Waals surface area contributed by atoms with Crippen molar-refractivity contribution in [2.45, 2.75) is 18.8 Å². The molecule has 6 nitrogen and oxygen atoms in total. The fourth-order valence-electron chi connectivity index (χ4n) is 3.80. The zero-order chi connectivity index (χ0) is 19.9. The van der Waals surface area contributed by atoms with E-state index in [9.17, 15) is 5.11 Å². The Labute approximate surface area is 172 Å². The molecule has 1 saturated heterocycles. The Balaban J connectivity index is 1.11. The molecule has 0 unspecified atom stereocenters. The molecule has 0 amide bonds. The Morgan fingerprint density at radius 2 is 1.62 bits per heavy atom. The van der Waals surface area contributed by atoms with E-state index in [0.717, 1.165) is 44.2 Å². The Bertz CT molecular complexity index is 750. The van der Waals surface area contributed by atoms with Gasteiger partial charge in [0.05, 0.1) is 19.3 Å². The van der Waals surface area contributed by atoms with Crippen LogP contribution in [0, 0.1) is 0 Å². The van der Waals surface area contributed by atoms with Crippen LogP contribution in [0.1, 0.15) is 5.56 Å². The predicted molar refractivity (Wildman–Crippen MR) is 111 cm³/mol. The lowest BCUT2D eigenvalue weighted by Crippen LogP contribution is -2.48. The molecule has 1 N–H and O–H groups in total. The fraction of sp³-hybridized carbons (Fsp3) is 0.478. The van der Waals surface area contributed by atoms with Crippen LogP contribution in [0.15, 0.2) is 54.6 Å². The van der Waals surface area contributed by atoms with Crippen molar-refractivity contribution in [1.82, 2.24) is 9.80 Å². The van der Waals surface area contributed by atoms with Crippen LogP contribution < -0.4 is 9.47 Å². The van der Waals surface area contributed by atoms with E-state index in [1.807, 2.05) is 24.3 Å². The Kier molecular flexibility index (Phi) is 7.00. The Morgan fingerprint density at radius 3 is 2.41 bits per heavy atom. The van der Waals surface area contributed by atoms with Gasteiger partial charge in [0.15, 0.2) is 17.6 Å². The first-order chi connectivity index (χ1) is 14.3. The van der Waals surface area contributed by atoms with E-state index in [2.05, 4.69) is 40.1 Å². The number of piperazine rings is 1. The van der Waals surface area contributed by atoms with E-state index in [4.69, 9.17) is 14.2 Å². The van der Waals surface area contributed by atoms with Gasteiger partial charge in [0.1, 0.15) is 6.61 Å². The van der Waals surface area contributed by atoms with Crippen molar-refractivity contribution < 1.29 is 19.3 Å². The molecular weight excluding hydrogens is 368 g/mol. The van der Waals surface area contributed by atoms with Crippen molar-refractivity contribution in [2.75, 3.05) is 52.5 Å². The summed E-state index contributed by atoms with van der Waals surface area (Å²) < 4.78 is 17.3. The van der Waals surface area contributed by atoms with Crippen LogP contribution >= 0.6 is 0 Å². The number of hydrogen-bond donors (Lipinski definition) is 1. The van der Waals surface area contributed by atoms with Gasteiger partial charge in [0, 0.05) is 39.3 Å². The summed E-state index contributed by atoms with van der Waals surface area (Å²) in [6.07, 6.45) is -0.633. The van der Waals surface area contributed by atoms with Gasteiger partial charge in [-0.05, 0) is 17.7 Å². The van der Waals surface area contributed by atoms with Crippen molar-refractivity contribution in [3.05, 3.63) is 60.2 Å². The molecular formula is C23H30N2O4. The molecule has 29 heavy (non-hydrogen) atoms. The Morgan fingerprint density at radius 1 is 0.931 bits per heavy atom. The quantitative estimate of drug-likeness (QED) is 0.734. The maximum atomic E-state index is 10.3. The van der Waals surface area contributed by atoms with Gasteiger partial charge in [-0.25, -0.2) is 0 Å². The number of benzene rings is 2. The number of rotatable bonds is 8. The van der Waals surface area contributed by atoms with Gasteiger partial charge >= 0.3 is 0 Å². The summed E-state index contributed by atoms with van der Waals surface area (Å²) in [6.45, 7) is 6.82. The summed E-state index contributed by atoms with van der Waals surface area (Å²) in [5.74, 6) is 1.52. The van der Waals surface area contributed by atoms with Crippen molar-refractivity contribution >= 4 is 0 Å². The summed E-state index contributed by atoms with van der Waals surface area (Å²) in [4.78, 5) is 4.78. The summed E-state index contributed by atoms with van der Waals surface area (Å²) in [5, 5.41) is 10.3. The molecule has 1 fully saturated rings. The molecule has 2 aliphatic heterocycles. The second kappa shape index (κ2) is 10.1. The highest BCUT2D eigenvalue weighted by molar-refractivity contribution is 5.40. The predicted octanol–water partition coefficient (Wildman–Crippen LogP) is 2.02. The van der Waals surface area contributed by atoms with Crippen LogP contribution in [-0.4, -0.2) is 79.7 Å². The average molecular weight is 399 g/mol. The topological polar surface area (TPSA) is 54.4 Å². The molecule has 0 radical (unpaired) electrons. The van der Waals surface area contributed by atoms with Gasteiger partial charge in [0.25, 0.3) is 0 Å². The first-order valence-electron chi connectivity index (χ1n) is 10.4. The number of nitrogens with zero attached hydrogens (tertiary/aromatic N) is 2. The third-order valence-electron chi connectivity index (χ3n) is 5.36. The first-order valence-corrected chi connectivity index (χ1v) is 10.4. The summed E-state index contributed by atoms with van der Waals surface area (Å²) in [6, 6.07) is 18.2. The van der Waals surface area contributed by atoms with E-state index >= 15 is 0 Å². The van der Waals surface area contributed by atoms with Crippen molar-refractivity contribution in [3.63, 3.8) is 0 Å². The molecule has 0 spiro atoms.